The van der Waals surface area contributed by atoms with Crippen LogP contribution in [-0.2, 0) is 9.53 Å². The Kier molecular flexibility index (Phi) is 6.04. The number of aliphatic hydroxyl groups is 1. The van der Waals surface area contributed by atoms with Crippen LogP contribution in [0.1, 0.15) is 6.92 Å². The summed E-state index contributed by atoms with van der Waals surface area (Å²) in [6.45, 7) is 4.87. The van der Waals surface area contributed by atoms with Crippen molar-refractivity contribution >= 4 is 39.3 Å². The lowest BCUT2D eigenvalue weighted by Crippen LogP contribution is -2.28. The molecule has 0 aliphatic rings. The van der Waals surface area contributed by atoms with E-state index in [0.29, 0.717) is 0 Å². The molecule has 1 atom stereocenters. The van der Waals surface area contributed by atoms with Crippen molar-refractivity contribution in [2.45, 2.75) is 17.9 Å². The van der Waals surface area contributed by atoms with Crippen LogP contribution in [0.15, 0.2) is 65.6 Å². The average molecular weight is 382 g/mol. The van der Waals surface area contributed by atoms with Crippen molar-refractivity contribution in [2.24, 2.45) is 0 Å². The van der Waals surface area contributed by atoms with Crippen molar-refractivity contribution < 1.29 is 19.4 Å². The van der Waals surface area contributed by atoms with E-state index in [1.54, 1.807) is 18.7 Å². The van der Waals surface area contributed by atoms with E-state index in [1.165, 1.54) is 0 Å². The maximum Gasteiger partial charge on any atom is 0.333 e. The maximum atomic E-state index is 11.7. The Labute approximate surface area is 162 Å². The molecule has 0 saturated heterocycles. The van der Waals surface area contributed by atoms with Gasteiger partial charge in [0.05, 0.1) is 6.61 Å². The second-order valence-electron chi connectivity index (χ2n) is 6.28. The molecule has 3 rings (SSSR count). The highest BCUT2D eigenvalue weighted by Gasteiger charge is 2.17. The molecule has 5 heteroatoms. The largest absolute Gasteiger partial charge is 0.488 e. The van der Waals surface area contributed by atoms with Crippen LogP contribution < -0.4 is 4.74 Å². The minimum Gasteiger partial charge on any atom is -0.488 e. The molecule has 1 N–H and O–H groups in total. The molecule has 0 aliphatic carbocycles. The Morgan fingerprint density at radius 2 is 1.89 bits per heavy atom. The zero-order chi connectivity index (χ0) is 19.4. The third-order valence-electron chi connectivity index (χ3n) is 4.28. The molecule has 3 aromatic carbocycles. The summed E-state index contributed by atoms with van der Waals surface area (Å²) in [4.78, 5) is 12.9. The molecule has 0 radical (unpaired) electrons. The molecule has 0 bridgehead atoms. The summed E-state index contributed by atoms with van der Waals surface area (Å²) in [5, 5.41) is 13.7. The molecule has 0 spiro atoms. The fourth-order valence-electron chi connectivity index (χ4n) is 2.91. The van der Waals surface area contributed by atoms with Crippen LogP contribution in [0.25, 0.3) is 21.5 Å². The van der Waals surface area contributed by atoms with Crippen LogP contribution in [0.4, 0.5) is 0 Å². The van der Waals surface area contributed by atoms with Gasteiger partial charge in [0.25, 0.3) is 0 Å². The van der Waals surface area contributed by atoms with Gasteiger partial charge in [-0.1, -0.05) is 43.0 Å². The van der Waals surface area contributed by atoms with E-state index < -0.39 is 12.1 Å². The number of fused-ring (bicyclic) bond motifs is 2. The van der Waals surface area contributed by atoms with Crippen LogP contribution in [0.3, 0.4) is 0 Å². The second-order valence-corrected chi connectivity index (χ2v) is 7.13. The van der Waals surface area contributed by atoms with Crippen molar-refractivity contribution in [3.8, 4) is 5.75 Å². The number of benzene rings is 3. The number of carbonyl (C=O) groups is 1. The third kappa shape index (κ3) is 4.10. The minimum atomic E-state index is -0.757. The van der Waals surface area contributed by atoms with Crippen LogP contribution in [-0.4, -0.2) is 36.6 Å². The van der Waals surface area contributed by atoms with Gasteiger partial charge in [-0.15, -0.1) is 11.8 Å². The van der Waals surface area contributed by atoms with Crippen molar-refractivity contribution in [1.29, 1.82) is 0 Å². The topological polar surface area (TPSA) is 55.8 Å². The Morgan fingerprint density at radius 3 is 2.59 bits per heavy atom. The van der Waals surface area contributed by atoms with Gasteiger partial charge in [-0.25, -0.2) is 4.79 Å². The molecule has 140 valence electrons. The number of thioether (sulfide) groups is 1. The van der Waals surface area contributed by atoms with Crippen LogP contribution in [0.5, 0.6) is 5.75 Å². The van der Waals surface area contributed by atoms with E-state index >= 15 is 0 Å². The molecule has 4 nitrogen and oxygen atoms in total. The summed E-state index contributed by atoms with van der Waals surface area (Å²) in [6, 6.07) is 16.3. The summed E-state index contributed by atoms with van der Waals surface area (Å²) in [5.41, 5.74) is 0.286. The van der Waals surface area contributed by atoms with Gasteiger partial charge in [-0.05, 0) is 36.1 Å². The number of hydrogen-bond acceptors (Lipinski definition) is 5. The monoisotopic (exact) mass is 382 g/mol. The van der Waals surface area contributed by atoms with Gasteiger partial charge in [0.2, 0.25) is 0 Å². The van der Waals surface area contributed by atoms with Gasteiger partial charge in [-0.2, -0.15) is 0 Å². The highest BCUT2D eigenvalue weighted by Crippen LogP contribution is 2.38. The molecule has 0 aliphatic heterocycles. The first-order valence-corrected chi connectivity index (χ1v) is 9.86. The normalized spacial score (nSPS) is 12.1. The fraction of sp³-hybridized carbons (Fsp3) is 0.227. The summed E-state index contributed by atoms with van der Waals surface area (Å²) in [6.07, 6.45) is 1.29. The van der Waals surface area contributed by atoms with Gasteiger partial charge in [0, 0.05) is 21.2 Å². The standard InChI is InChI=1S/C22H22O4S/c1-14(2)22(24)26-16(12-23)13-25-21-17-8-5-4-7-15(17)11-19-18(21)9-6-10-20(19)27-3/h4-11,16,23H,1,12-13H2,2-3H3. The van der Waals surface area contributed by atoms with Crippen LogP contribution in [0.2, 0.25) is 0 Å². The minimum absolute atomic E-state index is 0.0577. The van der Waals surface area contributed by atoms with Gasteiger partial charge in [0.1, 0.15) is 12.4 Å². The first-order chi connectivity index (χ1) is 13.0. The summed E-state index contributed by atoms with van der Waals surface area (Å²) < 4.78 is 11.3. The van der Waals surface area contributed by atoms with Crippen LogP contribution >= 0.6 is 11.8 Å². The molecule has 27 heavy (non-hydrogen) atoms. The summed E-state index contributed by atoms with van der Waals surface area (Å²) >= 11 is 1.68. The summed E-state index contributed by atoms with van der Waals surface area (Å²) in [7, 11) is 0. The van der Waals surface area contributed by atoms with Crippen molar-refractivity contribution in [1.82, 2.24) is 0 Å². The Morgan fingerprint density at radius 1 is 1.15 bits per heavy atom. The number of esters is 1. The van der Waals surface area contributed by atoms with E-state index in [-0.39, 0.29) is 18.8 Å². The number of aliphatic hydroxyl groups excluding tert-OH is 1. The zero-order valence-electron chi connectivity index (χ0n) is 15.4. The first kappa shape index (κ1) is 19.3. The predicted octanol–water partition coefficient (Wildman–Crippen LogP) is 4.57. The molecule has 0 amide bonds. The molecule has 0 fully saturated rings. The van der Waals surface area contributed by atoms with Crippen molar-refractivity contribution in [2.75, 3.05) is 19.5 Å². The van der Waals surface area contributed by atoms with Gasteiger partial charge in [0.15, 0.2) is 6.10 Å². The molecular weight excluding hydrogens is 360 g/mol. The Hall–Kier alpha value is -2.50. The average Bonchev–Trinajstić information content (AvgIpc) is 2.69. The van der Waals surface area contributed by atoms with Crippen molar-refractivity contribution in [3.63, 3.8) is 0 Å². The highest BCUT2D eigenvalue weighted by molar-refractivity contribution is 7.98. The quantitative estimate of drug-likeness (QED) is 0.281. The van der Waals surface area contributed by atoms with E-state index in [0.717, 1.165) is 32.2 Å². The number of carbonyl (C=O) groups excluding carboxylic acids is 1. The lowest BCUT2D eigenvalue weighted by Gasteiger charge is -2.19. The maximum absolute atomic E-state index is 11.7. The van der Waals surface area contributed by atoms with E-state index in [1.807, 2.05) is 42.7 Å². The van der Waals surface area contributed by atoms with Crippen molar-refractivity contribution in [3.05, 3.63) is 60.7 Å². The number of ether oxygens (including phenoxy) is 2. The smallest absolute Gasteiger partial charge is 0.333 e. The zero-order valence-corrected chi connectivity index (χ0v) is 16.2. The fourth-order valence-corrected chi connectivity index (χ4v) is 3.51. The summed E-state index contributed by atoms with van der Waals surface area (Å²) in [5.74, 6) is 0.189. The lowest BCUT2D eigenvalue weighted by atomic mass is 10.0. The van der Waals surface area contributed by atoms with E-state index in [4.69, 9.17) is 9.47 Å². The second kappa shape index (κ2) is 8.46. The molecular formula is C22H22O4S. The predicted molar refractivity (Wildman–Crippen MR) is 111 cm³/mol. The molecule has 0 aromatic heterocycles. The molecule has 3 aromatic rings. The molecule has 0 heterocycles. The Balaban J connectivity index is 2.01. The van der Waals surface area contributed by atoms with Gasteiger partial charge in [-0.3, -0.25) is 0 Å². The Bertz CT molecular complexity index is 996. The van der Waals surface area contributed by atoms with Crippen LogP contribution in [0, 0.1) is 0 Å². The van der Waals surface area contributed by atoms with E-state index in [9.17, 15) is 9.90 Å². The molecule has 0 saturated carbocycles. The van der Waals surface area contributed by atoms with E-state index in [2.05, 4.69) is 18.7 Å². The number of rotatable bonds is 7. The van der Waals surface area contributed by atoms with Gasteiger partial charge < -0.3 is 14.6 Å². The highest BCUT2D eigenvalue weighted by atomic mass is 32.2. The SMILES string of the molecule is C=C(C)C(=O)OC(CO)COc1c2ccccc2cc2c(SC)cccc12. The third-order valence-corrected chi connectivity index (χ3v) is 5.07. The van der Waals surface area contributed by atoms with Gasteiger partial charge >= 0.3 is 5.97 Å². The number of hydrogen-bond donors (Lipinski definition) is 1. The molecule has 1 unspecified atom stereocenters. The first-order valence-electron chi connectivity index (χ1n) is 8.63. The lowest BCUT2D eigenvalue weighted by molar-refractivity contribution is -0.147.